The Hall–Kier alpha value is -3.69. The summed E-state index contributed by atoms with van der Waals surface area (Å²) in [5.41, 5.74) is 1.88. The first-order valence-electron chi connectivity index (χ1n) is 11.6. The maximum Gasteiger partial charge on any atom is 0.248 e. The van der Waals surface area contributed by atoms with Crippen LogP contribution in [0.1, 0.15) is 61.9 Å². The van der Waals surface area contributed by atoms with E-state index in [2.05, 4.69) is 20.8 Å². The Labute approximate surface area is 202 Å². The molecule has 4 atom stereocenters. The highest BCUT2D eigenvalue weighted by Gasteiger charge is 2.42. The number of carbonyl (C=O) groups excluding carboxylic acids is 2. The van der Waals surface area contributed by atoms with Gasteiger partial charge in [0.2, 0.25) is 11.8 Å². The summed E-state index contributed by atoms with van der Waals surface area (Å²) in [5.74, 6) is -1.31. The molecule has 0 spiro atoms. The molecule has 0 bridgehead atoms. The van der Waals surface area contributed by atoms with Gasteiger partial charge in [-0.3, -0.25) is 9.59 Å². The Morgan fingerprint density at radius 1 is 1.09 bits per heavy atom. The van der Waals surface area contributed by atoms with Gasteiger partial charge in [-0.1, -0.05) is 56.3 Å². The van der Waals surface area contributed by atoms with Crippen LogP contribution in [0.3, 0.4) is 0 Å². The van der Waals surface area contributed by atoms with Crippen LogP contribution in [0.15, 0.2) is 54.9 Å². The lowest BCUT2D eigenvalue weighted by Gasteiger charge is -2.28. The van der Waals surface area contributed by atoms with Crippen molar-refractivity contribution in [3.8, 4) is 0 Å². The van der Waals surface area contributed by atoms with Gasteiger partial charge in [-0.05, 0) is 46.0 Å². The number of carbonyl (C=O) groups is 2. The highest BCUT2D eigenvalue weighted by atomic mass is 19.1. The standard InChI is InChI=1S/C25H28F2N6O2/c1-15(2)20-10-9-18(11-21(20)27)23(17-7-5-4-6-8-17)29-24(34)22-12-19(26)13-32(22)25(35)16(3)33-14-28-30-31-33/h4-11,14-16,19,22-23H,12-13H2,1-3H3,(H,29,34)/t16-,19+,22-,23-/m0/s1. The van der Waals surface area contributed by atoms with E-state index in [1.807, 2.05) is 44.2 Å². The molecule has 4 rings (SSSR count). The number of amides is 2. The van der Waals surface area contributed by atoms with Crippen LogP contribution in [0, 0.1) is 5.82 Å². The van der Waals surface area contributed by atoms with Gasteiger partial charge in [0.15, 0.2) is 0 Å². The molecule has 184 valence electrons. The van der Waals surface area contributed by atoms with Crippen LogP contribution in [-0.2, 0) is 9.59 Å². The fourth-order valence-electron chi connectivity index (χ4n) is 4.41. The third-order valence-corrected chi connectivity index (χ3v) is 6.35. The van der Waals surface area contributed by atoms with E-state index in [1.54, 1.807) is 19.1 Å². The van der Waals surface area contributed by atoms with E-state index in [4.69, 9.17) is 0 Å². The second-order valence-electron chi connectivity index (χ2n) is 9.09. The minimum atomic E-state index is -1.34. The zero-order chi connectivity index (χ0) is 25.1. The summed E-state index contributed by atoms with van der Waals surface area (Å²) in [7, 11) is 0. The molecule has 3 aromatic rings. The van der Waals surface area contributed by atoms with Gasteiger partial charge in [-0.2, -0.15) is 0 Å². The number of hydrogen-bond acceptors (Lipinski definition) is 5. The number of nitrogens with one attached hydrogen (secondary N) is 1. The average molecular weight is 483 g/mol. The summed E-state index contributed by atoms with van der Waals surface area (Å²) in [5, 5.41) is 13.7. The Bertz CT molecular complexity index is 1170. The number of hydrogen-bond donors (Lipinski definition) is 1. The minimum absolute atomic E-state index is 0.00976. The molecule has 2 heterocycles. The number of alkyl halides is 1. The normalized spacial score (nSPS) is 19.5. The van der Waals surface area contributed by atoms with Crippen LogP contribution in [-0.4, -0.2) is 55.7 Å². The van der Waals surface area contributed by atoms with Gasteiger partial charge in [-0.15, -0.1) is 5.10 Å². The number of halogens is 2. The van der Waals surface area contributed by atoms with E-state index in [-0.39, 0.29) is 24.7 Å². The third-order valence-electron chi connectivity index (χ3n) is 6.35. The van der Waals surface area contributed by atoms with Gasteiger partial charge in [0.05, 0.1) is 12.6 Å². The zero-order valence-electron chi connectivity index (χ0n) is 19.8. The molecule has 1 N–H and O–H groups in total. The van der Waals surface area contributed by atoms with E-state index in [0.29, 0.717) is 11.1 Å². The number of nitrogens with zero attached hydrogens (tertiary/aromatic N) is 5. The van der Waals surface area contributed by atoms with Gasteiger partial charge in [-0.25, -0.2) is 13.5 Å². The molecule has 1 fully saturated rings. The SMILES string of the molecule is CC(C)c1ccc([C@@H](NC(=O)[C@@H]2C[C@@H](F)CN2C(=O)[C@H](C)n2cnnn2)c2ccccc2)cc1F. The smallest absolute Gasteiger partial charge is 0.248 e. The molecule has 1 aliphatic heterocycles. The van der Waals surface area contributed by atoms with Crippen molar-refractivity contribution < 1.29 is 18.4 Å². The number of tetrazole rings is 1. The first-order valence-corrected chi connectivity index (χ1v) is 11.6. The predicted octanol–water partition coefficient (Wildman–Crippen LogP) is 3.34. The van der Waals surface area contributed by atoms with Crippen molar-refractivity contribution in [2.75, 3.05) is 6.54 Å². The van der Waals surface area contributed by atoms with Gasteiger partial charge >= 0.3 is 0 Å². The van der Waals surface area contributed by atoms with E-state index in [0.717, 1.165) is 5.56 Å². The maximum atomic E-state index is 14.8. The van der Waals surface area contributed by atoms with Gasteiger partial charge in [0.25, 0.3) is 0 Å². The largest absolute Gasteiger partial charge is 0.343 e. The number of rotatable bonds is 7. The van der Waals surface area contributed by atoms with Crippen LogP contribution < -0.4 is 5.32 Å². The van der Waals surface area contributed by atoms with Gasteiger partial charge in [0, 0.05) is 6.42 Å². The summed E-state index contributed by atoms with van der Waals surface area (Å²) in [6.07, 6.45) is -0.169. The zero-order valence-corrected chi connectivity index (χ0v) is 19.8. The molecule has 0 unspecified atom stereocenters. The molecule has 2 amide bonds. The lowest BCUT2D eigenvalue weighted by Crippen LogP contribution is -2.48. The third kappa shape index (κ3) is 5.21. The van der Waals surface area contributed by atoms with E-state index < -0.39 is 36.1 Å². The predicted molar refractivity (Wildman–Crippen MR) is 124 cm³/mol. The van der Waals surface area contributed by atoms with Crippen molar-refractivity contribution in [1.29, 1.82) is 0 Å². The Balaban J connectivity index is 1.61. The van der Waals surface area contributed by atoms with Crippen molar-refractivity contribution in [3.63, 3.8) is 0 Å². The van der Waals surface area contributed by atoms with Crippen LogP contribution in [0.25, 0.3) is 0 Å². The van der Waals surface area contributed by atoms with E-state index in [9.17, 15) is 18.4 Å². The average Bonchev–Trinajstić information content (AvgIpc) is 3.52. The molecule has 0 saturated carbocycles. The minimum Gasteiger partial charge on any atom is -0.343 e. The molecule has 10 heteroatoms. The van der Waals surface area contributed by atoms with Crippen molar-refractivity contribution >= 4 is 11.8 Å². The lowest BCUT2D eigenvalue weighted by atomic mass is 9.94. The molecule has 1 saturated heterocycles. The summed E-state index contributed by atoms with van der Waals surface area (Å²) in [6.45, 7) is 5.20. The summed E-state index contributed by atoms with van der Waals surface area (Å²) in [6, 6.07) is 11.6. The van der Waals surface area contributed by atoms with Crippen LogP contribution >= 0.6 is 0 Å². The van der Waals surface area contributed by atoms with E-state index >= 15 is 0 Å². The van der Waals surface area contributed by atoms with Crippen molar-refractivity contribution in [2.45, 2.75) is 57.4 Å². The van der Waals surface area contributed by atoms with Crippen molar-refractivity contribution in [2.24, 2.45) is 0 Å². The first kappa shape index (κ1) is 24.4. The quantitative estimate of drug-likeness (QED) is 0.558. The fourth-order valence-corrected chi connectivity index (χ4v) is 4.41. The second kappa shape index (κ2) is 10.3. The second-order valence-corrected chi connectivity index (χ2v) is 9.09. The number of benzene rings is 2. The highest BCUT2D eigenvalue weighted by Crippen LogP contribution is 2.29. The van der Waals surface area contributed by atoms with E-state index in [1.165, 1.54) is 22.0 Å². The summed E-state index contributed by atoms with van der Waals surface area (Å²) in [4.78, 5) is 27.7. The Kier molecular flexibility index (Phi) is 7.18. The van der Waals surface area contributed by atoms with Gasteiger partial charge in [0.1, 0.15) is 30.4 Å². The molecule has 1 aromatic heterocycles. The monoisotopic (exact) mass is 482 g/mol. The molecule has 8 nitrogen and oxygen atoms in total. The van der Waals surface area contributed by atoms with Crippen LogP contribution in [0.4, 0.5) is 8.78 Å². The lowest BCUT2D eigenvalue weighted by molar-refractivity contribution is -0.141. The topological polar surface area (TPSA) is 93.0 Å². The molecule has 0 radical (unpaired) electrons. The molecule has 1 aliphatic rings. The molecular weight excluding hydrogens is 454 g/mol. The van der Waals surface area contributed by atoms with Crippen molar-refractivity contribution in [3.05, 3.63) is 77.4 Å². The first-order chi connectivity index (χ1) is 16.8. The Morgan fingerprint density at radius 2 is 1.83 bits per heavy atom. The molecule has 35 heavy (non-hydrogen) atoms. The molecular formula is C25H28F2N6O2. The summed E-state index contributed by atoms with van der Waals surface area (Å²) < 4.78 is 30.5. The van der Waals surface area contributed by atoms with Crippen LogP contribution in [0.5, 0.6) is 0 Å². The van der Waals surface area contributed by atoms with Crippen molar-refractivity contribution in [1.82, 2.24) is 30.4 Å². The fraction of sp³-hybridized carbons (Fsp3) is 0.400. The molecule has 0 aliphatic carbocycles. The maximum absolute atomic E-state index is 14.8. The molecule has 2 aromatic carbocycles. The summed E-state index contributed by atoms with van der Waals surface area (Å²) >= 11 is 0. The highest BCUT2D eigenvalue weighted by molar-refractivity contribution is 5.90. The number of aromatic nitrogens is 4. The Morgan fingerprint density at radius 3 is 2.46 bits per heavy atom. The van der Waals surface area contributed by atoms with Gasteiger partial charge < -0.3 is 10.2 Å². The number of likely N-dealkylation sites (tertiary alicyclic amines) is 1. The van der Waals surface area contributed by atoms with Crippen LogP contribution in [0.2, 0.25) is 0 Å².